The zero-order chi connectivity index (χ0) is 32.1. The molecule has 0 bridgehead atoms. The normalized spacial score (nSPS) is 13.1. The molecule has 0 saturated heterocycles. The van der Waals surface area contributed by atoms with E-state index in [1.807, 2.05) is 95.3 Å². The summed E-state index contributed by atoms with van der Waals surface area (Å²) < 4.78 is 5.38. The monoisotopic (exact) mass is 588 g/mol. The molecule has 0 spiro atoms. The van der Waals surface area contributed by atoms with Gasteiger partial charge in [0.2, 0.25) is 11.8 Å². The van der Waals surface area contributed by atoms with Crippen molar-refractivity contribution >= 4 is 40.3 Å². The fraction of sp³-hybridized carbons (Fsp3) is 0.412. The van der Waals surface area contributed by atoms with Crippen molar-refractivity contribution in [2.75, 3.05) is 5.32 Å². The Hall–Kier alpha value is -4.40. The smallest absolute Gasteiger partial charge is 0.408 e. The summed E-state index contributed by atoms with van der Waals surface area (Å²) in [4.78, 5) is 55.2. The molecule has 230 valence electrons. The Morgan fingerprint density at radius 3 is 2.16 bits per heavy atom. The lowest BCUT2D eigenvalue weighted by molar-refractivity contribution is -0.148. The van der Waals surface area contributed by atoms with Crippen LogP contribution in [0.2, 0.25) is 0 Å². The molecule has 0 aliphatic heterocycles. The summed E-state index contributed by atoms with van der Waals surface area (Å²) in [5, 5.41) is 7.54. The number of nitrogens with two attached hydrogens (primary N) is 1. The molecule has 9 heteroatoms. The van der Waals surface area contributed by atoms with Crippen LogP contribution in [0.15, 0.2) is 60.7 Å². The van der Waals surface area contributed by atoms with E-state index in [9.17, 15) is 19.2 Å². The number of nitrogens with zero attached hydrogens (tertiary/aromatic N) is 1. The van der Waals surface area contributed by atoms with E-state index in [2.05, 4.69) is 10.6 Å². The molecule has 9 nitrogen and oxygen atoms in total. The second-order valence-corrected chi connectivity index (χ2v) is 12.6. The van der Waals surface area contributed by atoms with E-state index in [0.717, 1.165) is 21.9 Å². The predicted octanol–water partition coefficient (Wildman–Crippen LogP) is 5.92. The fourth-order valence-corrected chi connectivity index (χ4v) is 4.89. The molecule has 3 aromatic rings. The number of fused-ring (bicyclic) bond motifs is 1. The molecule has 2 unspecified atom stereocenters. The SMILES string of the molecule is CCC(C)(C)N(C(=O)C(CC(N)=O)NC(=O)OC(C)(C)C)C(C(=O)Nc1ccc2ccccc2c1)c1cc(C)ccc1C. The van der Waals surface area contributed by atoms with Crippen LogP contribution in [0.3, 0.4) is 0 Å². The van der Waals surface area contributed by atoms with Crippen LogP contribution in [0.5, 0.6) is 0 Å². The van der Waals surface area contributed by atoms with Crippen molar-refractivity contribution in [1.82, 2.24) is 10.2 Å². The molecule has 43 heavy (non-hydrogen) atoms. The standard InChI is InChI=1S/C34H44N4O5/c1-9-34(7,8)38(31(41)27(20-28(35)39)37-32(42)43-33(4,5)6)29(26-18-21(2)14-15-22(26)3)30(40)36-25-17-16-23-12-10-11-13-24(23)19-25/h10-19,27,29H,9,20H2,1-8H3,(H2,35,39)(H,36,40)(H,37,42). The van der Waals surface area contributed by atoms with Crippen molar-refractivity contribution in [2.24, 2.45) is 5.73 Å². The summed E-state index contributed by atoms with van der Waals surface area (Å²) in [5.41, 5.74) is 6.72. The molecule has 0 radical (unpaired) electrons. The lowest BCUT2D eigenvalue weighted by Gasteiger charge is -2.45. The minimum atomic E-state index is -1.36. The van der Waals surface area contributed by atoms with E-state index in [0.29, 0.717) is 17.7 Å². The second-order valence-electron chi connectivity index (χ2n) is 12.6. The quantitative estimate of drug-likeness (QED) is 0.271. The Morgan fingerprint density at radius 2 is 1.56 bits per heavy atom. The summed E-state index contributed by atoms with van der Waals surface area (Å²) in [6, 6.07) is 16.7. The number of amides is 4. The first-order valence-electron chi connectivity index (χ1n) is 14.5. The van der Waals surface area contributed by atoms with Crippen molar-refractivity contribution in [1.29, 1.82) is 0 Å². The van der Waals surface area contributed by atoms with Gasteiger partial charge in [-0.15, -0.1) is 0 Å². The van der Waals surface area contributed by atoms with E-state index in [1.165, 1.54) is 4.90 Å². The maximum atomic E-state index is 14.5. The van der Waals surface area contributed by atoms with Gasteiger partial charge in [0.05, 0.1) is 6.42 Å². The highest BCUT2D eigenvalue weighted by Gasteiger charge is 2.44. The van der Waals surface area contributed by atoms with E-state index < -0.39 is 53.5 Å². The molecule has 0 aromatic heterocycles. The van der Waals surface area contributed by atoms with E-state index in [4.69, 9.17) is 10.5 Å². The van der Waals surface area contributed by atoms with Gasteiger partial charge in [0.1, 0.15) is 17.7 Å². The number of carbonyl (C=O) groups is 4. The van der Waals surface area contributed by atoms with E-state index >= 15 is 0 Å². The summed E-state index contributed by atoms with van der Waals surface area (Å²) in [5.74, 6) is -1.85. The number of rotatable bonds is 10. The van der Waals surface area contributed by atoms with Gasteiger partial charge in [-0.2, -0.15) is 0 Å². The second kappa shape index (κ2) is 13.3. The topological polar surface area (TPSA) is 131 Å². The van der Waals surface area contributed by atoms with Crippen molar-refractivity contribution in [3.63, 3.8) is 0 Å². The number of ether oxygens (including phenoxy) is 1. The highest BCUT2D eigenvalue weighted by molar-refractivity contribution is 6.01. The van der Waals surface area contributed by atoms with Gasteiger partial charge < -0.3 is 26.0 Å². The number of aryl methyl sites for hydroxylation is 2. The molecule has 4 N–H and O–H groups in total. The largest absolute Gasteiger partial charge is 0.444 e. The molecule has 0 saturated carbocycles. The zero-order valence-electron chi connectivity index (χ0n) is 26.4. The maximum absolute atomic E-state index is 14.5. The van der Waals surface area contributed by atoms with Crippen LogP contribution in [0.1, 0.15) is 77.1 Å². The molecule has 0 heterocycles. The number of hydrogen-bond donors (Lipinski definition) is 3. The van der Waals surface area contributed by atoms with Crippen molar-refractivity contribution in [3.05, 3.63) is 77.4 Å². The first kappa shape index (κ1) is 33.1. The van der Waals surface area contributed by atoms with Gasteiger partial charge >= 0.3 is 6.09 Å². The van der Waals surface area contributed by atoms with Crippen molar-refractivity contribution in [2.45, 2.75) is 91.5 Å². The van der Waals surface area contributed by atoms with Crippen molar-refractivity contribution in [3.8, 4) is 0 Å². The third-order valence-corrected chi connectivity index (χ3v) is 7.40. The van der Waals surface area contributed by atoms with Crippen LogP contribution in [0.4, 0.5) is 10.5 Å². The first-order valence-corrected chi connectivity index (χ1v) is 14.5. The molecular weight excluding hydrogens is 544 g/mol. The van der Waals surface area contributed by atoms with Gasteiger partial charge in [0.15, 0.2) is 0 Å². The average molecular weight is 589 g/mol. The molecule has 2 atom stereocenters. The van der Waals surface area contributed by atoms with Crippen LogP contribution >= 0.6 is 0 Å². The summed E-state index contributed by atoms with van der Waals surface area (Å²) in [6.45, 7) is 14.5. The number of hydrogen-bond acceptors (Lipinski definition) is 5. The third kappa shape index (κ3) is 8.56. The van der Waals surface area contributed by atoms with Crippen LogP contribution < -0.4 is 16.4 Å². The van der Waals surface area contributed by atoms with Crippen molar-refractivity contribution < 1.29 is 23.9 Å². The Labute approximate surface area is 254 Å². The molecule has 3 rings (SSSR count). The Kier molecular flexibility index (Phi) is 10.2. The third-order valence-electron chi connectivity index (χ3n) is 7.40. The average Bonchev–Trinajstić information content (AvgIpc) is 2.91. The number of alkyl carbamates (subject to hydrolysis) is 1. The number of anilines is 1. The lowest BCUT2D eigenvalue weighted by Crippen LogP contribution is -2.59. The molecule has 0 aliphatic rings. The molecule has 0 aliphatic carbocycles. The minimum Gasteiger partial charge on any atom is -0.444 e. The molecule has 0 fully saturated rings. The van der Waals surface area contributed by atoms with Crippen LogP contribution in [-0.4, -0.2) is 45.9 Å². The fourth-order valence-electron chi connectivity index (χ4n) is 4.89. The Balaban J connectivity index is 2.16. The van der Waals surface area contributed by atoms with Gasteiger partial charge in [-0.3, -0.25) is 14.4 Å². The maximum Gasteiger partial charge on any atom is 0.408 e. The van der Waals surface area contributed by atoms with Crippen LogP contribution in [0.25, 0.3) is 10.8 Å². The van der Waals surface area contributed by atoms with Gasteiger partial charge in [0.25, 0.3) is 5.91 Å². The molecular formula is C34H44N4O5. The van der Waals surface area contributed by atoms with Crippen LogP contribution in [-0.2, 0) is 19.1 Å². The van der Waals surface area contributed by atoms with Gasteiger partial charge in [-0.1, -0.05) is 61.0 Å². The number of carbonyl (C=O) groups excluding carboxylic acids is 4. The van der Waals surface area contributed by atoms with E-state index in [-0.39, 0.29) is 0 Å². The summed E-state index contributed by atoms with van der Waals surface area (Å²) in [7, 11) is 0. The number of primary amides is 1. The van der Waals surface area contributed by atoms with Gasteiger partial charge in [-0.25, -0.2) is 4.79 Å². The number of benzene rings is 3. The summed E-state index contributed by atoms with van der Waals surface area (Å²) >= 11 is 0. The lowest BCUT2D eigenvalue weighted by atomic mass is 9.89. The predicted molar refractivity (Wildman–Crippen MR) is 169 cm³/mol. The Bertz CT molecular complexity index is 1510. The van der Waals surface area contributed by atoms with E-state index in [1.54, 1.807) is 20.8 Å². The zero-order valence-corrected chi connectivity index (χ0v) is 26.4. The van der Waals surface area contributed by atoms with Gasteiger partial charge in [-0.05, 0) is 88.9 Å². The number of nitrogens with one attached hydrogen (secondary N) is 2. The van der Waals surface area contributed by atoms with Gasteiger partial charge in [0, 0.05) is 11.2 Å². The minimum absolute atomic E-state index is 0.436. The van der Waals surface area contributed by atoms with Crippen LogP contribution in [0, 0.1) is 13.8 Å². The summed E-state index contributed by atoms with van der Waals surface area (Å²) in [6.07, 6.45) is -0.871. The molecule has 4 amide bonds. The highest BCUT2D eigenvalue weighted by Crippen LogP contribution is 2.35. The molecule has 3 aromatic carbocycles. The first-order chi connectivity index (χ1) is 20.0. The Morgan fingerprint density at radius 1 is 0.907 bits per heavy atom. The highest BCUT2D eigenvalue weighted by atomic mass is 16.6.